The minimum Gasteiger partial charge on any atom is -0.186 e. The second-order valence-corrected chi connectivity index (χ2v) is 11.3. The molecular formula is C23H32NS2+. The number of aryl methyl sites for hydroxylation is 1. The Bertz CT molecular complexity index is 761. The van der Waals surface area contributed by atoms with Gasteiger partial charge in [-0.05, 0) is 59.6 Å². The van der Waals surface area contributed by atoms with Crippen molar-refractivity contribution in [2.45, 2.75) is 83.1 Å². The molecule has 0 amide bonds. The normalized spacial score (nSPS) is 15.0. The Hall–Kier alpha value is -0.930. The average Bonchev–Trinajstić information content (AvgIpc) is 2.58. The van der Waals surface area contributed by atoms with Gasteiger partial charge in [-0.25, -0.2) is 0 Å². The molecule has 0 N–H and O–H groups in total. The maximum atomic E-state index is 5.10. The van der Waals surface area contributed by atoms with Crippen LogP contribution in [0.4, 0.5) is 0 Å². The van der Waals surface area contributed by atoms with Crippen molar-refractivity contribution in [2.75, 3.05) is 6.26 Å². The number of hydrogen-bond donors (Lipinski definition) is 0. The maximum Gasteiger partial charge on any atom is 0.331 e. The number of fused-ring (bicyclic) bond motifs is 1. The van der Waals surface area contributed by atoms with Gasteiger partial charge in [0, 0.05) is 12.0 Å². The molecule has 3 heteroatoms. The van der Waals surface area contributed by atoms with E-state index >= 15 is 0 Å². The van der Waals surface area contributed by atoms with Gasteiger partial charge in [-0.15, -0.1) is 11.8 Å². The summed E-state index contributed by atoms with van der Waals surface area (Å²) < 4.78 is 0. The summed E-state index contributed by atoms with van der Waals surface area (Å²) in [5.74, 6) is 0. The van der Waals surface area contributed by atoms with E-state index in [1.165, 1.54) is 58.0 Å². The summed E-state index contributed by atoms with van der Waals surface area (Å²) >= 11 is 3.73. The maximum absolute atomic E-state index is 5.10. The molecule has 0 saturated carbocycles. The minimum absolute atomic E-state index is 0.136. The van der Waals surface area contributed by atoms with Crippen molar-refractivity contribution in [3.63, 3.8) is 0 Å². The fraction of sp³-hybridized carbons (Fsp3) is 0.565. The molecule has 0 radical (unpaired) electrons. The topological polar surface area (TPSA) is 12.9 Å². The van der Waals surface area contributed by atoms with Crippen LogP contribution in [-0.2, 0) is 23.7 Å². The zero-order valence-corrected chi connectivity index (χ0v) is 19.0. The van der Waals surface area contributed by atoms with Crippen molar-refractivity contribution < 1.29 is 0 Å². The van der Waals surface area contributed by atoms with Gasteiger partial charge in [-0.2, -0.15) is 4.98 Å². The molecule has 0 saturated heterocycles. The van der Waals surface area contributed by atoms with E-state index in [0.717, 1.165) is 0 Å². The first-order chi connectivity index (χ1) is 12.1. The quantitative estimate of drug-likeness (QED) is 0.397. The highest BCUT2D eigenvalue weighted by Gasteiger charge is 2.29. The third-order valence-corrected chi connectivity index (χ3v) is 7.15. The fourth-order valence-corrected chi connectivity index (χ4v) is 5.38. The largest absolute Gasteiger partial charge is 0.331 e. The molecule has 1 nitrogen and oxygen atoms in total. The van der Waals surface area contributed by atoms with Gasteiger partial charge in [0.25, 0.3) is 0 Å². The van der Waals surface area contributed by atoms with E-state index in [-0.39, 0.29) is 10.8 Å². The van der Waals surface area contributed by atoms with Crippen molar-refractivity contribution in [3.05, 3.63) is 39.8 Å². The van der Waals surface area contributed by atoms with E-state index in [1.807, 2.05) is 23.1 Å². The molecule has 26 heavy (non-hydrogen) atoms. The van der Waals surface area contributed by atoms with Crippen LogP contribution in [0.2, 0.25) is 0 Å². The lowest BCUT2D eigenvalue weighted by Gasteiger charge is -2.25. The van der Waals surface area contributed by atoms with Gasteiger partial charge in [-0.3, -0.25) is 0 Å². The molecule has 1 aromatic heterocycles. The Morgan fingerprint density at radius 3 is 2.00 bits per heavy atom. The van der Waals surface area contributed by atoms with Crippen LogP contribution < -0.4 is 0 Å². The number of rotatable bonds is 2. The second kappa shape index (κ2) is 7.24. The first-order valence-electron chi connectivity index (χ1n) is 9.66. The van der Waals surface area contributed by atoms with Crippen LogP contribution in [0.5, 0.6) is 0 Å². The molecule has 0 atom stereocenters. The van der Waals surface area contributed by atoms with Crippen LogP contribution in [0, 0.1) is 0 Å². The Labute approximate surface area is 167 Å². The molecule has 0 fully saturated rings. The molecule has 0 bridgehead atoms. The van der Waals surface area contributed by atoms with Gasteiger partial charge in [0.2, 0.25) is 16.2 Å². The van der Waals surface area contributed by atoms with E-state index < -0.39 is 0 Å². The van der Waals surface area contributed by atoms with Gasteiger partial charge in [0.15, 0.2) is 0 Å². The standard InChI is InChI=1S/C23H32NS2/c1-22(2,3)16-12-15(13-17(14-16)23(4,5)6)20-24-21(25-7)18-10-8-9-11-19(18)26-20/h12-14H,8-11H2,1-7H3/q+1. The zero-order chi connectivity index (χ0) is 19.1. The Morgan fingerprint density at radius 1 is 0.885 bits per heavy atom. The highest BCUT2D eigenvalue weighted by atomic mass is 32.2. The summed E-state index contributed by atoms with van der Waals surface area (Å²) in [7, 11) is 0. The van der Waals surface area contributed by atoms with Crippen LogP contribution in [0.25, 0.3) is 10.6 Å². The Balaban J connectivity index is 2.20. The SMILES string of the molecule is CSc1nc(-c2cc(C(C)(C)C)cc(C(C)(C)C)c2)[s+]c2c1CCCC2. The number of aromatic nitrogens is 1. The minimum atomic E-state index is 0.136. The molecule has 0 unspecified atom stereocenters. The van der Waals surface area contributed by atoms with Crippen molar-refractivity contribution in [1.29, 1.82) is 0 Å². The molecule has 3 rings (SSSR count). The van der Waals surface area contributed by atoms with Crippen molar-refractivity contribution in [2.24, 2.45) is 0 Å². The van der Waals surface area contributed by atoms with Gasteiger partial charge in [0.1, 0.15) is 5.03 Å². The zero-order valence-electron chi connectivity index (χ0n) is 17.3. The summed E-state index contributed by atoms with van der Waals surface area (Å²) in [6, 6.07) is 7.13. The van der Waals surface area contributed by atoms with E-state index in [0.29, 0.717) is 0 Å². The summed E-state index contributed by atoms with van der Waals surface area (Å²) in [6.07, 6.45) is 7.20. The monoisotopic (exact) mass is 386 g/mol. The third-order valence-electron chi connectivity index (χ3n) is 5.20. The number of hydrogen-bond acceptors (Lipinski definition) is 2. The third kappa shape index (κ3) is 4.14. The van der Waals surface area contributed by atoms with Gasteiger partial charge in [0.05, 0.1) is 5.56 Å². The van der Waals surface area contributed by atoms with Crippen LogP contribution >= 0.6 is 23.1 Å². The summed E-state index contributed by atoms with van der Waals surface area (Å²) in [6.45, 7) is 13.8. The van der Waals surface area contributed by atoms with E-state index in [2.05, 4.69) is 66.0 Å². The molecule has 0 aliphatic heterocycles. The van der Waals surface area contributed by atoms with Gasteiger partial charge in [-0.1, -0.05) is 47.6 Å². The molecular weight excluding hydrogens is 354 g/mol. The number of thioether (sulfide) groups is 1. The predicted molar refractivity (Wildman–Crippen MR) is 118 cm³/mol. The lowest BCUT2D eigenvalue weighted by molar-refractivity contribution is 0.569. The molecule has 1 aliphatic carbocycles. The van der Waals surface area contributed by atoms with Crippen LogP contribution in [-0.4, -0.2) is 11.2 Å². The average molecular weight is 387 g/mol. The Morgan fingerprint density at radius 2 is 1.46 bits per heavy atom. The molecule has 140 valence electrons. The highest BCUT2D eigenvalue weighted by molar-refractivity contribution is 7.98. The lowest BCUT2D eigenvalue weighted by atomic mass is 9.79. The van der Waals surface area contributed by atoms with Crippen molar-refractivity contribution in [3.8, 4) is 10.6 Å². The van der Waals surface area contributed by atoms with E-state index in [1.54, 1.807) is 4.88 Å². The van der Waals surface area contributed by atoms with Crippen LogP contribution in [0.15, 0.2) is 23.2 Å². The fourth-order valence-electron chi connectivity index (χ4n) is 3.43. The van der Waals surface area contributed by atoms with Gasteiger partial charge < -0.3 is 0 Å². The summed E-state index contributed by atoms with van der Waals surface area (Å²) in [4.78, 5) is 6.66. The molecule has 1 heterocycles. The number of nitrogens with zero attached hydrogens (tertiary/aromatic N) is 1. The van der Waals surface area contributed by atoms with Crippen LogP contribution in [0.3, 0.4) is 0 Å². The van der Waals surface area contributed by atoms with Crippen LogP contribution in [0.1, 0.15) is 76.0 Å². The number of benzene rings is 1. The van der Waals surface area contributed by atoms with E-state index in [4.69, 9.17) is 4.98 Å². The molecule has 1 aliphatic rings. The van der Waals surface area contributed by atoms with Crippen molar-refractivity contribution >= 4 is 23.1 Å². The smallest absolute Gasteiger partial charge is 0.186 e. The van der Waals surface area contributed by atoms with Gasteiger partial charge >= 0.3 is 5.01 Å². The molecule has 0 spiro atoms. The predicted octanol–water partition coefficient (Wildman–Crippen LogP) is 7.29. The first kappa shape index (κ1) is 19.8. The second-order valence-electron chi connectivity index (χ2n) is 9.44. The lowest BCUT2D eigenvalue weighted by Crippen LogP contribution is -2.16. The molecule has 1 aromatic carbocycles. The first-order valence-corrected chi connectivity index (χ1v) is 11.7. The van der Waals surface area contributed by atoms with E-state index in [9.17, 15) is 0 Å². The highest BCUT2D eigenvalue weighted by Crippen LogP contribution is 2.39. The molecule has 2 aromatic rings. The Kier molecular flexibility index (Phi) is 5.52. The van der Waals surface area contributed by atoms with Crippen molar-refractivity contribution in [1.82, 2.24) is 4.98 Å². The summed E-state index contributed by atoms with van der Waals surface area (Å²) in [5, 5.41) is 2.43. The summed E-state index contributed by atoms with van der Waals surface area (Å²) in [5.41, 5.74) is 5.88.